The molecule has 4 heteroatoms. The van der Waals surface area contributed by atoms with Crippen LogP contribution in [0.4, 0.5) is 0 Å². The standard InChI is InChI=1S/C8H23N3Si/c1-7-8(2)12(9-3,10-4)11(5)6/h8-10H,7H2,1-6H3. The number of nitrogens with one attached hydrogen (secondary N) is 2. The molecule has 2 N–H and O–H groups in total. The summed E-state index contributed by atoms with van der Waals surface area (Å²) in [6.07, 6.45) is 1.21. The lowest BCUT2D eigenvalue weighted by atomic mass is 10.4. The van der Waals surface area contributed by atoms with E-state index in [1.165, 1.54) is 6.42 Å². The van der Waals surface area contributed by atoms with Crippen LogP contribution in [0.3, 0.4) is 0 Å². The van der Waals surface area contributed by atoms with Crippen molar-refractivity contribution in [1.29, 1.82) is 0 Å². The van der Waals surface area contributed by atoms with Crippen molar-refractivity contribution in [2.24, 2.45) is 0 Å². The first kappa shape index (κ1) is 12.1. The van der Waals surface area contributed by atoms with Crippen molar-refractivity contribution >= 4 is 8.56 Å². The van der Waals surface area contributed by atoms with Gasteiger partial charge in [0.25, 0.3) is 8.56 Å². The van der Waals surface area contributed by atoms with E-state index in [1.807, 2.05) is 0 Å². The maximum Gasteiger partial charge on any atom is 0.286 e. The fourth-order valence-corrected chi connectivity index (χ4v) is 5.40. The summed E-state index contributed by atoms with van der Waals surface area (Å²) < 4.78 is 2.32. The molecule has 0 aliphatic heterocycles. The molecular weight excluding hydrogens is 166 g/mol. The highest BCUT2D eigenvalue weighted by Gasteiger charge is 2.38. The highest BCUT2D eigenvalue weighted by atomic mass is 28.4. The van der Waals surface area contributed by atoms with Crippen molar-refractivity contribution in [3.8, 4) is 0 Å². The van der Waals surface area contributed by atoms with Crippen LogP contribution in [0.25, 0.3) is 0 Å². The van der Waals surface area contributed by atoms with Crippen molar-refractivity contribution in [2.75, 3.05) is 28.2 Å². The Morgan fingerprint density at radius 1 is 1.25 bits per heavy atom. The van der Waals surface area contributed by atoms with Gasteiger partial charge in [-0.1, -0.05) is 20.3 Å². The lowest BCUT2D eigenvalue weighted by Crippen LogP contribution is -2.71. The Morgan fingerprint density at radius 3 is 1.75 bits per heavy atom. The summed E-state index contributed by atoms with van der Waals surface area (Å²) in [4.78, 5) is 6.94. The van der Waals surface area contributed by atoms with E-state index in [2.05, 4.69) is 56.6 Å². The van der Waals surface area contributed by atoms with Gasteiger partial charge in [-0.2, -0.15) is 0 Å². The van der Waals surface area contributed by atoms with Gasteiger partial charge in [0.2, 0.25) is 0 Å². The molecule has 0 heterocycles. The van der Waals surface area contributed by atoms with Gasteiger partial charge in [0.15, 0.2) is 0 Å². The zero-order chi connectivity index (χ0) is 9.78. The number of hydrogen-bond acceptors (Lipinski definition) is 3. The third-order valence-corrected chi connectivity index (χ3v) is 7.56. The van der Waals surface area contributed by atoms with Gasteiger partial charge in [0.1, 0.15) is 0 Å². The molecule has 1 atom stereocenters. The Balaban J connectivity index is 4.56. The fourth-order valence-electron chi connectivity index (χ4n) is 1.80. The summed E-state index contributed by atoms with van der Waals surface area (Å²) in [5.74, 6) is 0. The van der Waals surface area contributed by atoms with E-state index in [0.717, 1.165) is 0 Å². The normalized spacial score (nSPS) is 15.2. The summed E-state index contributed by atoms with van der Waals surface area (Å²) in [5.41, 5.74) is 0.711. The molecule has 0 aromatic rings. The van der Waals surface area contributed by atoms with E-state index in [0.29, 0.717) is 5.54 Å². The number of nitrogens with zero attached hydrogens (tertiary/aromatic N) is 1. The zero-order valence-electron chi connectivity index (χ0n) is 9.23. The topological polar surface area (TPSA) is 27.3 Å². The van der Waals surface area contributed by atoms with Crippen molar-refractivity contribution in [3.05, 3.63) is 0 Å². The molecule has 0 fully saturated rings. The van der Waals surface area contributed by atoms with Gasteiger partial charge >= 0.3 is 0 Å². The average molecular weight is 189 g/mol. The summed E-state index contributed by atoms with van der Waals surface area (Å²) >= 11 is 0. The van der Waals surface area contributed by atoms with Crippen LogP contribution in [-0.4, -0.2) is 41.3 Å². The van der Waals surface area contributed by atoms with Crippen LogP contribution in [0.1, 0.15) is 20.3 Å². The fraction of sp³-hybridized carbons (Fsp3) is 1.00. The molecule has 0 aliphatic carbocycles. The summed E-state index contributed by atoms with van der Waals surface area (Å²) in [6, 6.07) is 0. The largest absolute Gasteiger partial charge is 0.316 e. The Morgan fingerprint density at radius 2 is 1.67 bits per heavy atom. The molecule has 0 bridgehead atoms. The molecule has 12 heavy (non-hydrogen) atoms. The van der Waals surface area contributed by atoms with Gasteiger partial charge in [0.05, 0.1) is 0 Å². The quantitative estimate of drug-likeness (QED) is 0.624. The molecule has 0 rings (SSSR count). The lowest BCUT2D eigenvalue weighted by molar-refractivity contribution is 0.537. The third-order valence-electron chi connectivity index (χ3n) is 2.79. The van der Waals surface area contributed by atoms with E-state index < -0.39 is 8.56 Å². The molecule has 0 radical (unpaired) electrons. The highest BCUT2D eigenvalue weighted by molar-refractivity contribution is 6.73. The van der Waals surface area contributed by atoms with Crippen molar-refractivity contribution < 1.29 is 0 Å². The zero-order valence-corrected chi connectivity index (χ0v) is 10.2. The number of hydrogen-bond donors (Lipinski definition) is 2. The SMILES string of the molecule is CCC(C)[Si](NC)(NC)N(C)C. The van der Waals surface area contributed by atoms with Gasteiger partial charge in [-0.3, -0.25) is 0 Å². The Hall–Kier alpha value is 0.0969. The predicted molar refractivity (Wildman–Crippen MR) is 57.3 cm³/mol. The maximum absolute atomic E-state index is 3.47. The summed E-state index contributed by atoms with van der Waals surface area (Å²) in [6.45, 7) is 4.55. The molecule has 0 aromatic heterocycles. The first-order valence-electron chi connectivity index (χ1n) is 4.60. The molecule has 1 unspecified atom stereocenters. The van der Waals surface area contributed by atoms with Crippen LogP contribution in [0.2, 0.25) is 5.54 Å². The number of rotatable bonds is 5. The van der Waals surface area contributed by atoms with Crippen LogP contribution < -0.4 is 9.96 Å². The first-order valence-corrected chi connectivity index (χ1v) is 6.62. The van der Waals surface area contributed by atoms with E-state index in [4.69, 9.17) is 0 Å². The maximum atomic E-state index is 3.47. The molecule has 3 nitrogen and oxygen atoms in total. The van der Waals surface area contributed by atoms with E-state index in [-0.39, 0.29) is 0 Å². The van der Waals surface area contributed by atoms with Crippen LogP contribution in [-0.2, 0) is 0 Å². The molecular formula is C8H23N3Si. The predicted octanol–water partition coefficient (Wildman–Crippen LogP) is 0.726. The monoisotopic (exact) mass is 189 g/mol. The van der Waals surface area contributed by atoms with E-state index in [1.54, 1.807) is 0 Å². The summed E-state index contributed by atoms with van der Waals surface area (Å²) in [7, 11) is 6.80. The Bertz CT molecular complexity index is 123. The summed E-state index contributed by atoms with van der Waals surface area (Å²) in [5, 5.41) is 0. The minimum atomic E-state index is -1.59. The minimum absolute atomic E-state index is 0.711. The molecule has 0 saturated heterocycles. The van der Waals surface area contributed by atoms with E-state index in [9.17, 15) is 0 Å². The van der Waals surface area contributed by atoms with Gasteiger partial charge in [-0.15, -0.1) is 0 Å². The molecule has 0 spiro atoms. The van der Waals surface area contributed by atoms with Gasteiger partial charge in [0, 0.05) is 0 Å². The molecule has 0 saturated carbocycles. The minimum Gasteiger partial charge on any atom is -0.316 e. The second-order valence-electron chi connectivity index (χ2n) is 3.47. The van der Waals surface area contributed by atoms with Crippen molar-refractivity contribution in [3.63, 3.8) is 0 Å². The van der Waals surface area contributed by atoms with Gasteiger partial charge < -0.3 is 14.5 Å². The molecule has 0 aromatic carbocycles. The van der Waals surface area contributed by atoms with Crippen molar-refractivity contribution in [1.82, 2.24) is 14.5 Å². The molecule has 0 aliphatic rings. The lowest BCUT2D eigenvalue weighted by Gasteiger charge is -2.40. The van der Waals surface area contributed by atoms with Crippen LogP contribution >= 0.6 is 0 Å². The third kappa shape index (κ3) is 2.07. The van der Waals surface area contributed by atoms with Crippen LogP contribution in [0, 0.1) is 0 Å². The first-order chi connectivity index (χ1) is 5.55. The van der Waals surface area contributed by atoms with E-state index >= 15 is 0 Å². The molecule has 0 amide bonds. The Labute approximate surface area is 77.8 Å². The van der Waals surface area contributed by atoms with Crippen molar-refractivity contribution in [2.45, 2.75) is 25.8 Å². The average Bonchev–Trinajstić information content (AvgIpc) is 2.06. The highest BCUT2D eigenvalue weighted by Crippen LogP contribution is 2.20. The van der Waals surface area contributed by atoms with Gasteiger partial charge in [-0.25, -0.2) is 0 Å². The second kappa shape index (κ2) is 4.96. The molecule has 74 valence electrons. The van der Waals surface area contributed by atoms with Gasteiger partial charge in [-0.05, 0) is 33.7 Å². The smallest absolute Gasteiger partial charge is 0.286 e. The van der Waals surface area contributed by atoms with Crippen LogP contribution in [0.15, 0.2) is 0 Å². The second-order valence-corrected chi connectivity index (χ2v) is 7.88. The Kier molecular flexibility index (Phi) is 5.00. The van der Waals surface area contributed by atoms with Crippen LogP contribution in [0.5, 0.6) is 0 Å².